The number of ether oxygens (including phenoxy) is 1. The maximum absolute atomic E-state index is 11.0. The highest BCUT2D eigenvalue weighted by molar-refractivity contribution is 5.83. The molecule has 3 heteroatoms. The lowest BCUT2D eigenvalue weighted by molar-refractivity contribution is -0.128. The van der Waals surface area contributed by atoms with Crippen molar-refractivity contribution in [2.45, 2.75) is 6.92 Å². The first-order valence-electron chi connectivity index (χ1n) is 3.92. The Morgan fingerprint density at radius 1 is 1.38 bits per heavy atom. The lowest BCUT2D eigenvalue weighted by Gasteiger charge is -2.00. The lowest BCUT2D eigenvalue weighted by Crippen LogP contribution is -2.03. The minimum absolute atomic E-state index is 0.382. The normalized spacial score (nSPS) is 10.2. The zero-order valence-electron chi connectivity index (χ0n) is 7.36. The minimum atomic E-state index is -0.382. The molecule has 0 fully saturated rings. The largest absolute Gasteiger partial charge is 0.423 e. The first kappa shape index (κ1) is 9.32. The quantitative estimate of drug-likeness (QED) is 0.324. The number of allylic oxidation sites excluding steroid dienone is 1. The van der Waals surface area contributed by atoms with Crippen LogP contribution in [0.3, 0.4) is 0 Å². The van der Waals surface area contributed by atoms with Gasteiger partial charge in [-0.3, -0.25) is 0 Å². The number of hydrogen-bond donors (Lipinski definition) is 1. The molecule has 0 atom stereocenters. The molecule has 2 N–H and O–H groups in total. The van der Waals surface area contributed by atoms with Gasteiger partial charge in [-0.15, -0.1) is 0 Å². The molecular weight excluding hydrogens is 166 g/mol. The summed E-state index contributed by atoms with van der Waals surface area (Å²) in [6.45, 7) is 1.75. The maximum atomic E-state index is 11.0. The highest BCUT2D eigenvalue weighted by atomic mass is 16.5. The summed E-state index contributed by atoms with van der Waals surface area (Å²) in [4.78, 5) is 11.0. The summed E-state index contributed by atoms with van der Waals surface area (Å²) in [5, 5.41) is 0. The van der Waals surface area contributed by atoms with Gasteiger partial charge in [0.05, 0.1) is 0 Å². The topological polar surface area (TPSA) is 52.3 Å². The molecule has 0 bridgehead atoms. The van der Waals surface area contributed by atoms with E-state index in [1.807, 2.05) is 0 Å². The van der Waals surface area contributed by atoms with E-state index in [2.05, 4.69) is 0 Å². The van der Waals surface area contributed by atoms with Gasteiger partial charge in [-0.25, -0.2) is 4.79 Å². The van der Waals surface area contributed by atoms with Gasteiger partial charge < -0.3 is 10.5 Å². The Hall–Kier alpha value is -1.77. The molecule has 0 spiro atoms. The SMILES string of the molecule is C/C=C/C(=O)Oc1ccc(N)cc1. The summed E-state index contributed by atoms with van der Waals surface area (Å²) in [7, 11) is 0. The molecule has 1 aromatic carbocycles. The molecule has 1 rings (SSSR count). The molecule has 0 unspecified atom stereocenters. The van der Waals surface area contributed by atoms with Gasteiger partial charge in [-0.1, -0.05) is 6.08 Å². The van der Waals surface area contributed by atoms with Crippen molar-refractivity contribution in [1.82, 2.24) is 0 Å². The third-order valence-corrected chi connectivity index (χ3v) is 1.40. The Morgan fingerprint density at radius 2 is 2.00 bits per heavy atom. The highest BCUT2D eigenvalue weighted by Crippen LogP contribution is 2.13. The van der Waals surface area contributed by atoms with Crippen LogP contribution in [0.2, 0.25) is 0 Å². The van der Waals surface area contributed by atoms with Crippen molar-refractivity contribution in [2.24, 2.45) is 0 Å². The second kappa shape index (κ2) is 4.30. The van der Waals surface area contributed by atoms with E-state index in [1.165, 1.54) is 6.08 Å². The van der Waals surface area contributed by atoms with E-state index in [9.17, 15) is 4.79 Å². The van der Waals surface area contributed by atoms with E-state index < -0.39 is 0 Å². The monoisotopic (exact) mass is 177 g/mol. The molecule has 0 amide bonds. The van der Waals surface area contributed by atoms with Crippen LogP contribution in [0.25, 0.3) is 0 Å². The Kier molecular flexibility index (Phi) is 3.09. The molecule has 3 nitrogen and oxygen atoms in total. The van der Waals surface area contributed by atoms with Crippen molar-refractivity contribution < 1.29 is 9.53 Å². The van der Waals surface area contributed by atoms with Crippen LogP contribution in [-0.4, -0.2) is 5.97 Å². The maximum Gasteiger partial charge on any atom is 0.335 e. The van der Waals surface area contributed by atoms with Crippen LogP contribution in [0.4, 0.5) is 5.69 Å². The summed E-state index contributed by atoms with van der Waals surface area (Å²) in [5.41, 5.74) is 6.11. The molecule has 0 heterocycles. The number of carbonyl (C=O) groups excluding carboxylic acids is 1. The van der Waals surface area contributed by atoms with Gasteiger partial charge in [0.2, 0.25) is 0 Å². The van der Waals surface area contributed by atoms with Gasteiger partial charge in [-0.2, -0.15) is 0 Å². The Bertz CT molecular complexity index is 314. The number of anilines is 1. The summed E-state index contributed by atoms with van der Waals surface area (Å²) in [6, 6.07) is 6.66. The fourth-order valence-electron chi connectivity index (χ4n) is 0.822. The zero-order chi connectivity index (χ0) is 9.68. The van der Waals surface area contributed by atoms with E-state index in [4.69, 9.17) is 10.5 Å². The van der Waals surface area contributed by atoms with Gasteiger partial charge in [0.1, 0.15) is 5.75 Å². The van der Waals surface area contributed by atoms with E-state index in [0.717, 1.165) is 0 Å². The minimum Gasteiger partial charge on any atom is -0.423 e. The predicted octanol–water partition coefficient (Wildman–Crippen LogP) is 1.75. The fraction of sp³-hybridized carbons (Fsp3) is 0.100. The third kappa shape index (κ3) is 2.99. The molecule has 0 aromatic heterocycles. The molecule has 13 heavy (non-hydrogen) atoms. The van der Waals surface area contributed by atoms with Gasteiger partial charge in [-0.05, 0) is 31.2 Å². The van der Waals surface area contributed by atoms with E-state index >= 15 is 0 Å². The number of benzene rings is 1. The third-order valence-electron chi connectivity index (χ3n) is 1.40. The van der Waals surface area contributed by atoms with Crippen molar-refractivity contribution >= 4 is 11.7 Å². The molecule has 0 saturated carbocycles. The molecule has 0 aliphatic rings. The smallest absolute Gasteiger partial charge is 0.335 e. The Morgan fingerprint density at radius 3 is 2.54 bits per heavy atom. The van der Waals surface area contributed by atoms with Crippen LogP contribution >= 0.6 is 0 Å². The molecule has 0 radical (unpaired) electrons. The van der Waals surface area contributed by atoms with Gasteiger partial charge in [0.25, 0.3) is 0 Å². The fourth-order valence-corrected chi connectivity index (χ4v) is 0.822. The van der Waals surface area contributed by atoms with Crippen LogP contribution in [0.1, 0.15) is 6.92 Å². The standard InChI is InChI=1S/C10H11NO2/c1-2-3-10(12)13-9-6-4-8(11)5-7-9/h2-7H,11H2,1H3/b3-2+. The number of nitrogens with two attached hydrogens (primary N) is 1. The number of rotatable bonds is 2. The molecule has 0 saturated heterocycles. The molecular formula is C10H11NO2. The summed E-state index contributed by atoms with van der Waals surface area (Å²) in [6.07, 6.45) is 2.98. The number of hydrogen-bond acceptors (Lipinski definition) is 3. The Labute approximate surface area is 76.8 Å². The highest BCUT2D eigenvalue weighted by Gasteiger charge is 1.98. The molecule has 0 aliphatic carbocycles. The summed E-state index contributed by atoms with van der Waals surface area (Å²) >= 11 is 0. The lowest BCUT2D eigenvalue weighted by atomic mass is 10.3. The summed E-state index contributed by atoms with van der Waals surface area (Å²) in [5.74, 6) is 0.115. The van der Waals surface area contributed by atoms with Gasteiger partial charge >= 0.3 is 5.97 Å². The van der Waals surface area contributed by atoms with Crippen LogP contribution in [0.15, 0.2) is 36.4 Å². The second-order valence-corrected chi connectivity index (χ2v) is 2.49. The van der Waals surface area contributed by atoms with Crippen molar-refractivity contribution in [3.8, 4) is 5.75 Å². The van der Waals surface area contributed by atoms with Crippen molar-refractivity contribution in [3.63, 3.8) is 0 Å². The van der Waals surface area contributed by atoms with E-state index in [1.54, 1.807) is 37.3 Å². The van der Waals surface area contributed by atoms with Crippen molar-refractivity contribution in [1.29, 1.82) is 0 Å². The molecule has 1 aromatic rings. The second-order valence-electron chi connectivity index (χ2n) is 2.49. The molecule has 0 aliphatic heterocycles. The van der Waals surface area contributed by atoms with Gasteiger partial charge in [0.15, 0.2) is 0 Å². The van der Waals surface area contributed by atoms with Crippen LogP contribution in [0, 0.1) is 0 Å². The van der Waals surface area contributed by atoms with Gasteiger partial charge in [0, 0.05) is 11.8 Å². The number of esters is 1. The van der Waals surface area contributed by atoms with Crippen molar-refractivity contribution in [3.05, 3.63) is 36.4 Å². The first-order chi connectivity index (χ1) is 6.22. The summed E-state index contributed by atoms with van der Waals surface area (Å²) < 4.78 is 4.93. The zero-order valence-corrected chi connectivity index (χ0v) is 7.36. The average molecular weight is 177 g/mol. The van der Waals surface area contributed by atoms with Crippen LogP contribution in [0.5, 0.6) is 5.75 Å². The van der Waals surface area contributed by atoms with Crippen molar-refractivity contribution in [2.75, 3.05) is 5.73 Å². The number of carbonyl (C=O) groups is 1. The number of nitrogen functional groups attached to an aromatic ring is 1. The van der Waals surface area contributed by atoms with Crippen LogP contribution < -0.4 is 10.5 Å². The average Bonchev–Trinajstić information content (AvgIpc) is 2.09. The van der Waals surface area contributed by atoms with Crippen LogP contribution in [-0.2, 0) is 4.79 Å². The Balaban J connectivity index is 2.64. The van der Waals surface area contributed by atoms with E-state index in [-0.39, 0.29) is 5.97 Å². The molecule has 68 valence electrons. The first-order valence-corrected chi connectivity index (χ1v) is 3.92. The van der Waals surface area contributed by atoms with E-state index in [0.29, 0.717) is 11.4 Å². The predicted molar refractivity (Wildman–Crippen MR) is 51.3 cm³/mol.